The molecule has 170 valence electrons. The van der Waals surface area contributed by atoms with Gasteiger partial charge in [0, 0.05) is 12.6 Å². The average Bonchev–Trinajstić information content (AvgIpc) is 3.12. The quantitative estimate of drug-likeness (QED) is 0.606. The fourth-order valence-electron chi connectivity index (χ4n) is 8.40. The Balaban J connectivity index is 1.33. The van der Waals surface area contributed by atoms with Crippen molar-refractivity contribution in [2.45, 2.75) is 89.9 Å². The maximum absolute atomic E-state index is 11.2. The van der Waals surface area contributed by atoms with Crippen LogP contribution in [0.2, 0.25) is 0 Å². The number of fused-ring (bicyclic) bond motifs is 5. The zero-order valence-electron chi connectivity index (χ0n) is 19.1. The highest BCUT2D eigenvalue weighted by Gasteiger charge is 2.59. The van der Waals surface area contributed by atoms with E-state index in [0.717, 1.165) is 32.1 Å². The summed E-state index contributed by atoms with van der Waals surface area (Å²) in [7, 11) is 0. The third kappa shape index (κ3) is 3.50. The molecule has 0 aromatic carbocycles. The van der Waals surface area contributed by atoms with Gasteiger partial charge in [0.1, 0.15) is 0 Å². The number of nitrogens with zero attached hydrogens (tertiary/aromatic N) is 1. The van der Waals surface area contributed by atoms with E-state index < -0.39 is 12.2 Å². The predicted molar refractivity (Wildman–Crippen MR) is 121 cm³/mol. The zero-order valence-corrected chi connectivity index (χ0v) is 19.1. The second-order valence-corrected chi connectivity index (χ2v) is 11.5. The van der Waals surface area contributed by atoms with Crippen molar-refractivity contribution in [3.05, 3.63) is 41.7 Å². The molecule has 0 spiro atoms. The van der Waals surface area contributed by atoms with Gasteiger partial charge in [0.25, 0.3) is 0 Å². The lowest BCUT2D eigenvalue weighted by Crippen LogP contribution is -2.51. The second kappa shape index (κ2) is 7.97. The first-order valence-electron chi connectivity index (χ1n) is 12.5. The van der Waals surface area contributed by atoms with Crippen molar-refractivity contribution < 1.29 is 15.3 Å². The van der Waals surface area contributed by atoms with Crippen molar-refractivity contribution in [1.82, 2.24) is 4.98 Å². The predicted octanol–water partition coefficient (Wildman–Crippen LogP) is 4.81. The molecule has 3 N–H and O–H groups in total. The Morgan fingerprint density at radius 1 is 1.06 bits per heavy atom. The minimum Gasteiger partial charge on any atom is -0.393 e. The highest BCUT2D eigenvalue weighted by atomic mass is 16.3. The third-order valence-corrected chi connectivity index (χ3v) is 10.1. The lowest BCUT2D eigenvalue weighted by Gasteiger charge is -2.58. The van der Waals surface area contributed by atoms with Gasteiger partial charge in [0.05, 0.1) is 24.0 Å². The molecule has 9 atom stereocenters. The number of aliphatic hydroxyl groups is 3. The first-order chi connectivity index (χ1) is 14.8. The van der Waals surface area contributed by atoms with Crippen LogP contribution in [0.1, 0.15) is 83.4 Å². The summed E-state index contributed by atoms with van der Waals surface area (Å²) < 4.78 is 0. The van der Waals surface area contributed by atoms with Gasteiger partial charge in [-0.25, -0.2) is 0 Å². The van der Waals surface area contributed by atoms with Crippen LogP contribution in [-0.4, -0.2) is 32.5 Å². The van der Waals surface area contributed by atoms with Gasteiger partial charge >= 0.3 is 0 Å². The van der Waals surface area contributed by atoms with Gasteiger partial charge in [0.2, 0.25) is 0 Å². The molecule has 1 aromatic rings. The number of hydrogen-bond donors (Lipinski definition) is 3. The molecule has 1 aromatic heterocycles. The van der Waals surface area contributed by atoms with E-state index in [1.165, 1.54) is 24.8 Å². The lowest BCUT2D eigenvalue weighted by atomic mass is 9.47. The van der Waals surface area contributed by atoms with Crippen LogP contribution in [0, 0.1) is 34.5 Å². The van der Waals surface area contributed by atoms with Crippen LogP contribution in [0.25, 0.3) is 0 Å². The number of aromatic nitrogens is 1. The average molecular weight is 426 g/mol. The van der Waals surface area contributed by atoms with E-state index in [9.17, 15) is 15.3 Å². The maximum Gasteiger partial charge on any atom is 0.0984 e. The number of allylic oxidation sites excluding steroid dienone is 1. The van der Waals surface area contributed by atoms with Gasteiger partial charge in [0.15, 0.2) is 0 Å². The molecule has 0 bridgehead atoms. The number of hydrogen-bond acceptors (Lipinski definition) is 4. The van der Waals surface area contributed by atoms with Gasteiger partial charge < -0.3 is 15.3 Å². The summed E-state index contributed by atoms with van der Waals surface area (Å²) in [6, 6.07) is 5.59. The fraction of sp³-hybridized carbons (Fsp3) is 0.741. The van der Waals surface area contributed by atoms with E-state index >= 15 is 0 Å². The molecule has 0 radical (unpaired) electrons. The summed E-state index contributed by atoms with van der Waals surface area (Å²) in [4.78, 5) is 4.28. The van der Waals surface area contributed by atoms with E-state index in [2.05, 4.69) is 24.9 Å². The molecule has 4 nitrogen and oxygen atoms in total. The summed E-state index contributed by atoms with van der Waals surface area (Å²) in [5.74, 6) is 2.32. The van der Waals surface area contributed by atoms with Crippen LogP contribution in [0.5, 0.6) is 0 Å². The van der Waals surface area contributed by atoms with Crippen molar-refractivity contribution in [3.8, 4) is 0 Å². The molecule has 5 rings (SSSR count). The highest BCUT2D eigenvalue weighted by Crippen LogP contribution is 2.66. The summed E-state index contributed by atoms with van der Waals surface area (Å²) in [6.07, 6.45) is 11.9. The van der Waals surface area contributed by atoms with Crippen LogP contribution in [0.3, 0.4) is 0 Å². The van der Waals surface area contributed by atoms with Crippen molar-refractivity contribution >= 4 is 0 Å². The molecular formula is C27H39NO3. The maximum atomic E-state index is 11.2. The zero-order chi connectivity index (χ0) is 21.8. The summed E-state index contributed by atoms with van der Waals surface area (Å²) in [6.45, 7) is 4.89. The van der Waals surface area contributed by atoms with E-state index in [1.54, 1.807) is 6.20 Å². The van der Waals surface area contributed by atoms with E-state index in [4.69, 9.17) is 0 Å². The lowest BCUT2D eigenvalue weighted by molar-refractivity contribution is -0.0769. The molecular weight excluding hydrogens is 386 g/mol. The normalized spacial score (nSPS) is 43.9. The Hall–Kier alpha value is -1.23. The van der Waals surface area contributed by atoms with Gasteiger partial charge in [-0.2, -0.15) is 0 Å². The molecule has 0 saturated heterocycles. The summed E-state index contributed by atoms with van der Waals surface area (Å²) >= 11 is 0. The molecule has 3 fully saturated rings. The minimum absolute atomic E-state index is 0.152. The molecule has 2 unspecified atom stereocenters. The molecule has 4 aliphatic rings. The number of aliphatic hydroxyl groups excluding tert-OH is 3. The van der Waals surface area contributed by atoms with Crippen LogP contribution in [0.4, 0.5) is 0 Å². The SMILES string of the molecule is C[C@]12CC[C@H]3[C@@H](CC=C4C[C@@H](O)CC[C@@]43C)[C@@H]1CC[C@@H]2C(O)CC(O)c1ccccn1. The van der Waals surface area contributed by atoms with Crippen LogP contribution >= 0.6 is 0 Å². The Morgan fingerprint density at radius 2 is 1.90 bits per heavy atom. The molecule has 4 aliphatic carbocycles. The van der Waals surface area contributed by atoms with E-state index in [0.29, 0.717) is 29.9 Å². The van der Waals surface area contributed by atoms with Crippen LogP contribution in [0.15, 0.2) is 36.0 Å². The monoisotopic (exact) mass is 425 g/mol. The molecule has 0 aliphatic heterocycles. The molecule has 0 amide bonds. The fourth-order valence-corrected chi connectivity index (χ4v) is 8.40. The van der Waals surface area contributed by atoms with Gasteiger partial charge in [-0.15, -0.1) is 0 Å². The van der Waals surface area contributed by atoms with Gasteiger partial charge in [-0.3, -0.25) is 4.98 Å². The van der Waals surface area contributed by atoms with E-state index in [-0.39, 0.29) is 22.9 Å². The third-order valence-electron chi connectivity index (χ3n) is 10.1. The number of pyridine rings is 1. The van der Waals surface area contributed by atoms with Crippen molar-refractivity contribution in [2.75, 3.05) is 0 Å². The summed E-state index contributed by atoms with van der Waals surface area (Å²) in [5.41, 5.74) is 2.59. The second-order valence-electron chi connectivity index (χ2n) is 11.5. The summed E-state index contributed by atoms with van der Waals surface area (Å²) in [5, 5.41) is 32.1. The molecule has 4 heteroatoms. The molecule has 3 saturated carbocycles. The first-order valence-corrected chi connectivity index (χ1v) is 12.5. The molecule has 31 heavy (non-hydrogen) atoms. The van der Waals surface area contributed by atoms with Crippen molar-refractivity contribution in [1.29, 1.82) is 0 Å². The van der Waals surface area contributed by atoms with Crippen LogP contribution in [-0.2, 0) is 0 Å². The van der Waals surface area contributed by atoms with Crippen molar-refractivity contribution in [3.63, 3.8) is 0 Å². The standard InChI is InChI=1S/C27H39NO3/c1-26-12-10-18(29)15-17(26)6-7-19-20-8-9-22(27(20,2)13-11-21(19)26)24(30)16-25(31)23-5-3-4-14-28-23/h3-6,14,18-22,24-25,29-31H,7-13,15-16H2,1-2H3/t18-,19-,20-,21-,22+,24?,25?,26-,27-/m0/s1. The smallest absolute Gasteiger partial charge is 0.0984 e. The topological polar surface area (TPSA) is 73.6 Å². The number of rotatable bonds is 4. The Kier molecular flexibility index (Phi) is 5.55. The van der Waals surface area contributed by atoms with Gasteiger partial charge in [-0.05, 0) is 98.0 Å². The van der Waals surface area contributed by atoms with Crippen LogP contribution < -0.4 is 0 Å². The van der Waals surface area contributed by atoms with Crippen molar-refractivity contribution in [2.24, 2.45) is 34.5 Å². The largest absolute Gasteiger partial charge is 0.393 e. The van der Waals surface area contributed by atoms with Gasteiger partial charge in [-0.1, -0.05) is 31.6 Å². The Bertz CT molecular complexity index is 825. The Morgan fingerprint density at radius 3 is 2.68 bits per heavy atom. The van der Waals surface area contributed by atoms with E-state index in [1.807, 2.05) is 18.2 Å². The first kappa shape index (κ1) is 21.6. The Labute approximate surface area is 186 Å². The highest BCUT2D eigenvalue weighted by molar-refractivity contribution is 5.25. The molecule has 1 heterocycles. The minimum atomic E-state index is -0.706.